The van der Waals surface area contributed by atoms with Crippen LogP contribution in [-0.2, 0) is 0 Å². The fourth-order valence-corrected chi connectivity index (χ4v) is 2.48. The topological polar surface area (TPSA) is 42.5 Å². The van der Waals surface area contributed by atoms with Crippen molar-refractivity contribution in [1.29, 1.82) is 0 Å². The molecule has 0 aliphatic heterocycles. The Labute approximate surface area is 149 Å². The van der Waals surface area contributed by atoms with E-state index in [4.69, 9.17) is 21.7 Å². The van der Waals surface area contributed by atoms with E-state index in [1.165, 1.54) is 11.1 Å². The Balaban J connectivity index is 1.81. The Morgan fingerprint density at radius 3 is 2.58 bits per heavy atom. The quantitative estimate of drug-likeness (QED) is 0.774. The third-order valence-corrected chi connectivity index (χ3v) is 3.90. The van der Waals surface area contributed by atoms with Crippen LogP contribution in [0.15, 0.2) is 42.5 Å². The molecule has 2 rings (SSSR count). The molecule has 0 spiro atoms. The van der Waals surface area contributed by atoms with Crippen LogP contribution < -0.4 is 20.1 Å². The molecule has 0 heterocycles. The van der Waals surface area contributed by atoms with Gasteiger partial charge in [0.15, 0.2) is 5.11 Å². The highest BCUT2D eigenvalue weighted by molar-refractivity contribution is 7.80. The van der Waals surface area contributed by atoms with Crippen LogP contribution in [0.5, 0.6) is 11.5 Å². The Kier molecular flexibility index (Phi) is 6.44. The Hall–Kier alpha value is -2.27. The van der Waals surface area contributed by atoms with Crippen molar-refractivity contribution >= 4 is 23.0 Å². The number of methoxy groups -OCH3 is 1. The molecular formula is C19H24N2O2S. The van der Waals surface area contributed by atoms with E-state index in [2.05, 4.69) is 36.6 Å². The molecule has 0 bridgehead atoms. The molecule has 128 valence electrons. The zero-order valence-electron chi connectivity index (χ0n) is 14.6. The van der Waals surface area contributed by atoms with Crippen LogP contribution in [0.4, 0.5) is 5.69 Å². The first-order valence-electron chi connectivity index (χ1n) is 7.89. The standard InChI is InChI=1S/C19H24N2O2S/c1-13-8-9-18(10-14(13)2)23-12-15(3)20-19(24)21-16-6-5-7-17(11-16)22-4/h5-11,15H,12H2,1-4H3,(H2,20,21,24)/t15-/m0/s1. The van der Waals surface area contributed by atoms with Crippen LogP contribution >= 0.6 is 12.2 Å². The van der Waals surface area contributed by atoms with Crippen LogP contribution in [0, 0.1) is 13.8 Å². The highest BCUT2D eigenvalue weighted by Crippen LogP contribution is 2.17. The van der Waals surface area contributed by atoms with Gasteiger partial charge in [0.25, 0.3) is 0 Å². The van der Waals surface area contributed by atoms with E-state index in [-0.39, 0.29) is 6.04 Å². The molecule has 5 heteroatoms. The van der Waals surface area contributed by atoms with Gasteiger partial charge in [-0.15, -0.1) is 0 Å². The van der Waals surface area contributed by atoms with Crippen molar-refractivity contribution in [3.05, 3.63) is 53.6 Å². The molecular weight excluding hydrogens is 320 g/mol. The van der Waals surface area contributed by atoms with Gasteiger partial charge in [0.05, 0.1) is 13.2 Å². The van der Waals surface area contributed by atoms with Gasteiger partial charge >= 0.3 is 0 Å². The summed E-state index contributed by atoms with van der Waals surface area (Å²) < 4.78 is 11.0. The summed E-state index contributed by atoms with van der Waals surface area (Å²) >= 11 is 5.34. The largest absolute Gasteiger partial charge is 0.497 e. The molecule has 0 saturated heterocycles. The fourth-order valence-electron chi connectivity index (χ4n) is 2.16. The number of nitrogens with one attached hydrogen (secondary N) is 2. The average Bonchev–Trinajstić information content (AvgIpc) is 2.56. The SMILES string of the molecule is COc1cccc(NC(=S)N[C@@H](C)COc2ccc(C)c(C)c2)c1. The lowest BCUT2D eigenvalue weighted by molar-refractivity contribution is 0.287. The number of aryl methyl sites for hydroxylation is 2. The molecule has 0 amide bonds. The number of thiocarbonyl (C=S) groups is 1. The van der Waals surface area contributed by atoms with Crippen LogP contribution in [0.1, 0.15) is 18.1 Å². The van der Waals surface area contributed by atoms with Crippen molar-refractivity contribution in [3.8, 4) is 11.5 Å². The number of ether oxygens (including phenoxy) is 2. The third kappa shape index (κ3) is 5.42. The molecule has 0 saturated carbocycles. The second kappa shape index (κ2) is 8.55. The second-order valence-corrected chi connectivity index (χ2v) is 6.20. The van der Waals surface area contributed by atoms with Crippen molar-refractivity contribution in [1.82, 2.24) is 5.32 Å². The van der Waals surface area contributed by atoms with Gasteiger partial charge in [0, 0.05) is 11.8 Å². The van der Waals surface area contributed by atoms with E-state index in [9.17, 15) is 0 Å². The van der Waals surface area contributed by atoms with Crippen molar-refractivity contribution < 1.29 is 9.47 Å². The monoisotopic (exact) mass is 344 g/mol. The summed E-state index contributed by atoms with van der Waals surface area (Å²) in [5, 5.41) is 6.92. The summed E-state index contributed by atoms with van der Waals surface area (Å²) in [6.07, 6.45) is 0. The van der Waals surface area contributed by atoms with Crippen LogP contribution in [0.2, 0.25) is 0 Å². The summed E-state index contributed by atoms with van der Waals surface area (Å²) in [5.74, 6) is 1.66. The maximum absolute atomic E-state index is 5.82. The van der Waals surface area contributed by atoms with Crippen molar-refractivity contribution in [3.63, 3.8) is 0 Å². The zero-order valence-corrected chi connectivity index (χ0v) is 15.4. The molecule has 1 atom stereocenters. The molecule has 2 N–H and O–H groups in total. The van der Waals surface area contributed by atoms with E-state index in [1.807, 2.05) is 37.3 Å². The molecule has 0 aliphatic carbocycles. The van der Waals surface area contributed by atoms with E-state index in [0.29, 0.717) is 11.7 Å². The van der Waals surface area contributed by atoms with E-state index in [1.54, 1.807) is 7.11 Å². The smallest absolute Gasteiger partial charge is 0.171 e. The predicted octanol–water partition coefficient (Wildman–Crippen LogP) is 4.07. The molecule has 0 aliphatic rings. The molecule has 24 heavy (non-hydrogen) atoms. The molecule has 2 aromatic rings. The lowest BCUT2D eigenvalue weighted by atomic mass is 10.1. The molecule has 4 nitrogen and oxygen atoms in total. The zero-order chi connectivity index (χ0) is 17.5. The summed E-state index contributed by atoms with van der Waals surface area (Å²) in [5.41, 5.74) is 3.37. The lowest BCUT2D eigenvalue weighted by Gasteiger charge is -2.18. The first-order chi connectivity index (χ1) is 11.5. The normalized spacial score (nSPS) is 11.5. The molecule has 0 unspecified atom stereocenters. The van der Waals surface area contributed by atoms with Crippen molar-refractivity contribution in [2.24, 2.45) is 0 Å². The number of hydrogen-bond acceptors (Lipinski definition) is 3. The third-order valence-electron chi connectivity index (χ3n) is 3.68. The van der Waals surface area contributed by atoms with E-state index < -0.39 is 0 Å². The van der Waals surface area contributed by atoms with Gasteiger partial charge in [0.2, 0.25) is 0 Å². The van der Waals surface area contributed by atoms with E-state index >= 15 is 0 Å². The van der Waals surface area contributed by atoms with Gasteiger partial charge in [-0.1, -0.05) is 12.1 Å². The van der Waals surface area contributed by atoms with Crippen LogP contribution in [-0.4, -0.2) is 24.9 Å². The predicted molar refractivity (Wildman–Crippen MR) is 103 cm³/mol. The Bertz CT molecular complexity index is 704. The highest BCUT2D eigenvalue weighted by Gasteiger charge is 2.07. The Morgan fingerprint density at radius 1 is 1.08 bits per heavy atom. The number of benzene rings is 2. The maximum atomic E-state index is 5.82. The number of anilines is 1. The maximum Gasteiger partial charge on any atom is 0.171 e. The highest BCUT2D eigenvalue weighted by atomic mass is 32.1. The fraction of sp³-hybridized carbons (Fsp3) is 0.316. The van der Waals surface area contributed by atoms with Gasteiger partial charge in [0.1, 0.15) is 18.1 Å². The van der Waals surface area contributed by atoms with Crippen molar-refractivity contribution in [2.75, 3.05) is 19.0 Å². The lowest BCUT2D eigenvalue weighted by Crippen LogP contribution is -2.39. The first kappa shape index (κ1) is 18.1. The molecule has 0 radical (unpaired) electrons. The second-order valence-electron chi connectivity index (χ2n) is 5.79. The molecule has 2 aromatic carbocycles. The van der Waals surface area contributed by atoms with Gasteiger partial charge in [-0.25, -0.2) is 0 Å². The number of rotatable bonds is 6. The minimum Gasteiger partial charge on any atom is -0.497 e. The van der Waals surface area contributed by atoms with E-state index in [0.717, 1.165) is 17.2 Å². The van der Waals surface area contributed by atoms with Gasteiger partial charge in [-0.2, -0.15) is 0 Å². The minimum atomic E-state index is 0.0808. The summed E-state index contributed by atoms with van der Waals surface area (Å²) in [6, 6.07) is 13.8. The first-order valence-corrected chi connectivity index (χ1v) is 8.30. The summed E-state index contributed by atoms with van der Waals surface area (Å²) in [7, 11) is 1.64. The van der Waals surface area contributed by atoms with Gasteiger partial charge < -0.3 is 20.1 Å². The van der Waals surface area contributed by atoms with Gasteiger partial charge in [-0.05, 0) is 68.4 Å². The van der Waals surface area contributed by atoms with Gasteiger partial charge in [-0.3, -0.25) is 0 Å². The number of hydrogen-bond donors (Lipinski definition) is 2. The minimum absolute atomic E-state index is 0.0808. The summed E-state index contributed by atoms with van der Waals surface area (Å²) in [6.45, 7) is 6.73. The van der Waals surface area contributed by atoms with Crippen molar-refractivity contribution in [2.45, 2.75) is 26.8 Å². The molecule has 0 fully saturated rings. The molecule has 0 aromatic heterocycles. The van der Waals surface area contributed by atoms with Crippen LogP contribution in [0.3, 0.4) is 0 Å². The Morgan fingerprint density at radius 2 is 1.88 bits per heavy atom. The summed E-state index contributed by atoms with van der Waals surface area (Å²) in [4.78, 5) is 0. The average molecular weight is 344 g/mol. The van der Waals surface area contributed by atoms with Crippen LogP contribution in [0.25, 0.3) is 0 Å².